The van der Waals surface area contributed by atoms with E-state index in [1.54, 1.807) is 24.3 Å². The molecule has 0 saturated heterocycles. The Morgan fingerprint density at radius 1 is 0.935 bits per heavy atom. The molecule has 1 unspecified atom stereocenters. The molecular weight excluding hydrogens is 408 g/mol. The molecule has 0 radical (unpaired) electrons. The Bertz CT molecular complexity index is 1200. The van der Waals surface area contributed by atoms with Crippen LogP contribution in [0, 0.1) is 13.8 Å². The third-order valence-electron chi connectivity index (χ3n) is 5.68. The number of nitrogens with one attached hydrogen (secondary N) is 1. The maximum absolute atomic E-state index is 13.5. The summed E-state index contributed by atoms with van der Waals surface area (Å²) in [7, 11) is -3.83. The van der Waals surface area contributed by atoms with Crippen LogP contribution in [0.25, 0.3) is 0 Å². The smallest absolute Gasteiger partial charge is 0.244 e. The first kappa shape index (κ1) is 21.3. The Morgan fingerprint density at radius 2 is 1.65 bits per heavy atom. The molecule has 1 N–H and O–H groups in total. The lowest BCUT2D eigenvalue weighted by Crippen LogP contribution is -2.52. The fraction of sp³-hybridized carbons (Fsp3) is 0.240. The fourth-order valence-electron chi connectivity index (χ4n) is 3.95. The monoisotopic (exact) mass is 434 g/mol. The Kier molecular flexibility index (Phi) is 5.94. The minimum Gasteiger partial charge on any atom is -0.351 e. The summed E-state index contributed by atoms with van der Waals surface area (Å²) >= 11 is 0. The van der Waals surface area contributed by atoms with Crippen molar-refractivity contribution in [1.29, 1.82) is 0 Å². The van der Waals surface area contributed by atoms with Gasteiger partial charge in [-0.15, -0.1) is 0 Å². The first-order valence-corrected chi connectivity index (χ1v) is 11.8. The number of hydrogen-bond acceptors (Lipinski definition) is 3. The molecule has 0 bridgehead atoms. The largest absolute Gasteiger partial charge is 0.351 e. The van der Waals surface area contributed by atoms with Crippen LogP contribution in [0.4, 0.5) is 0 Å². The maximum atomic E-state index is 13.5. The van der Waals surface area contributed by atoms with Crippen molar-refractivity contribution in [3.05, 3.63) is 101 Å². The van der Waals surface area contributed by atoms with Gasteiger partial charge in [-0.3, -0.25) is 4.79 Å². The molecule has 0 aliphatic carbocycles. The number of amides is 1. The standard InChI is InChI=1S/C25H26N2O3S/c1-18-10-12-23(13-11-18)31(29,30)27-17-22-9-4-3-8-21(22)15-24(27)25(28)26-16-20-7-5-6-19(2)14-20/h3-14,24H,15-17H2,1-2H3,(H,26,28). The SMILES string of the molecule is Cc1ccc(S(=O)(=O)N2Cc3ccccc3CC2C(=O)NCc2cccc(C)c2)cc1. The number of fused-ring (bicyclic) bond motifs is 1. The number of carbonyl (C=O) groups excluding carboxylic acids is 1. The maximum Gasteiger partial charge on any atom is 0.244 e. The Morgan fingerprint density at radius 3 is 2.35 bits per heavy atom. The zero-order valence-corrected chi connectivity index (χ0v) is 18.5. The second-order valence-electron chi connectivity index (χ2n) is 8.06. The molecule has 3 aromatic rings. The second kappa shape index (κ2) is 8.65. The lowest BCUT2D eigenvalue weighted by molar-refractivity contribution is -0.125. The zero-order valence-electron chi connectivity index (χ0n) is 17.7. The van der Waals surface area contributed by atoms with E-state index < -0.39 is 16.1 Å². The van der Waals surface area contributed by atoms with Crippen molar-refractivity contribution in [3.63, 3.8) is 0 Å². The third kappa shape index (κ3) is 4.55. The van der Waals surface area contributed by atoms with Gasteiger partial charge in [0.1, 0.15) is 6.04 Å². The quantitative estimate of drug-likeness (QED) is 0.665. The predicted octanol–water partition coefficient (Wildman–Crippen LogP) is 3.74. The van der Waals surface area contributed by atoms with Crippen LogP contribution >= 0.6 is 0 Å². The summed E-state index contributed by atoms with van der Waals surface area (Å²) in [5.74, 6) is -0.285. The Hall–Kier alpha value is -2.96. The van der Waals surface area contributed by atoms with Crippen molar-refractivity contribution in [2.75, 3.05) is 0 Å². The number of sulfonamides is 1. The summed E-state index contributed by atoms with van der Waals surface area (Å²) < 4.78 is 28.3. The molecule has 1 aliphatic heterocycles. The summed E-state index contributed by atoms with van der Waals surface area (Å²) in [4.78, 5) is 13.4. The molecule has 5 nitrogen and oxygen atoms in total. The molecule has 0 saturated carbocycles. The molecule has 0 aromatic heterocycles. The number of benzene rings is 3. The molecule has 1 atom stereocenters. The van der Waals surface area contributed by atoms with Crippen LogP contribution in [0.3, 0.4) is 0 Å². The van der Waals surface area contributed by atoms with E-state index in [1.807, 2.05) is 62.4 Å². The first-order valence-electron chi connectivity index (χ1n) is 10.3. The molecule has 4 rings (SSSR count). The van der Waals surface area contributed by atoms with Gasteiger partial charge in [-0.2, -0.15) is 4.31 Å². The molecule has 6 heteroatoms. The lowest BCUT2D eigenvalue weighted by Gasteiger charge is -2.35. The summed E-state index contributed by atoms with van der Waals surface area (Å²) in [6.07, 6.45) is 0.348. The molecule has 1 amide bonds. The van der Waals surface area contributed by atoms with Crippen LogP contribution < -0.4 is 5.32 Å². The van der Waals surface area contributed by atoms with E-state index in [1.165, 1.54) is 4.31 Å². The van der Waals surface area contributed by atoms with Gasteiger partial charge in [0.25, 0.3) is 0 Å². The van der Waals surface area contributed by atoms with Crippen molar-refractivity contribution in [3.8, 4) is 0 Å². The van der Waals surface area contributed by atoms with Gasteiger partial charge in [0, 0.05) is 13.1 Å². The number of nitrogens with zero attached hydrogens (tertiary/aromatic N) is 1. The van der Waals surface area contributed by atoms with Gasteiger partial charge < -0.3 is 5.32 Å². The van der Waals surface area contributed by atoms with Crippen molar-refractivity contribution < 1.29 is 13.2 Å². The van der Waals surface area contributed by atoms with Gasteiger partial charge in [-0.05, 0) is 49.1 Å². The number of aryl methyl sites for hydroxylation is 2. The van der Waals surface area contributed by atoms with E-state index in [2.05, 4.69) is 5.32 Å². The Balaban J connectivity index is 1.64. The fourth-order valence-corrected chi connectivity index (χ4v) is 5.51. The third-order valence-corrected chi connectivity index (χ3v) is 7.55. The van der Waals surface area contributed by atoms with Gasteiger partial charge in [-0.1, -0.05) is 71.8 Å². The van der Waals surface area contributed by atoms with Gasteiger partial charge in [0.05, 0.1) is 4.90 Å². The second-order valence-corrected chi connectivity index (χ2v) is 9.95. The van der Waals surface area contributed by atoms with Crippen LogP contribution in [-0.4, -0.2) is 24.7 Å². The summed E-state index contributed by atoms with van der Waals surface area (Å²) in [6, 6.07) is 21.6. The summed E-state index contributed by atoms with van der Waals surface area (Å²) in [5.41, 5.74) is 5.02. The van der Waals surface area contributed by atoms with E-state index in [0.717, 1.165) is 27.8 Å². The first-order chi connectivity index (χ1) is 14.8. The summed E-state index contributed by atoms with van der Waals surface area (Å²) in [5, 5.41) is 2.94. The van der Waals surface area contributed by atoms with Crippen molar-refractivity contribution in [2.45, 2.75) is 44.3 Å². The van der Waals surface area contributed by atoms with Gasteiger partial charge in [-0.25, -0.2) is 8.42 Å². The highest BCUT2D eigenvalue weighted by molar-refractivity contribution is 7.89. The zero-order chi connectivity index (χ0) is 22.0. The van der Waals surface area contributed by atoms with E-state index in [-0.39, 0.29) is 17.3 Å². The van der Waals surface area contributed by atoms with E-state index in [9.17, 15) is 13.2 Å². The summed E-state index contributed by atoms with van der Waals surface area (Å²) in [6.45, 7) is 4.44. The van der Waals surface area contributed by atoms with Gasteiger partial charge >= 0.3 is 0 Å². The van der Waals surface area contributed by atoms with Crippen molar-refractivity contribution in [2.24, 2.45) is 0 Å². The van der Waals surface area contributed by atoms with E-state index >= 15 is 0 Å². The lowest BCUT2D eigenvalue weighted by atomic mass is 9.95. The molecule has 160 valence electrons. The highest BCUT2D eigenvalue weighted by Crippen LogP contribution is 2.29. The van der Waals surface area contributed by atoms with Crippen LogP contribution in [0.15, 0.2) is 77.7 Å². The molecule has 3 aromatic carbocycles. The molecular formula is C25H26N2O3S. The van der Waals surface area contributed by atoms with Gasteiger partial charge in [0.2, 0.25) is 15.9 Å². The average Bonchev–Trinajstić information content (AvgIpc) is 2.77. The molecule has 0 spiro atoms. The normalized spacial score (nSPS) is 16.5. The van der Waals surface area contributed by atoms with Crippen molar-refractivity contribution >= 4 is 15.9 Å². The van der Waals surface area contributed by atoms with Crippen molar-refractivity contribution in [1.82, 2.24) is 9.62 Å². The highest BCUT2D eigenvalue weighted by Gasteiger charge is 2.39. The predicted molar refractivity (Wildman–Crippen MR) is 121 cm³/mol. The highest BCUT2D eigenvalue weighted by atomic mass is 32.2. The van der Waals surface area contributed by atoms with Crippen LogP contribution in [0.2, 0.25) is 0 Å². The van der Waals surface area contributed by atoms with Crippen LogP contribution in [-0.2, 0) is 34.3 Å². The van der Waals surface area contributed by atoms with Crippen LogP contribution in [0.5, 0.6) is 0 Å². The molecule has 0 fully saturated rings. The number of hydrogen-bond donors (Lipinski definition) is 1. The van der Waals surface area contributed by atoms with Crippen LogP contribution in [0.1, 0.15) is 27.8 Å². The minimum atomic E-state index is -3.83. The average molecular weight is 435 g/mol. The Labute approximate surface area is 183 Å². The van der Waals surface area contributed by atoms with E-state index in [4.69, 9.17) is 0 Å². The molecule has 1 aliphatic rings. The minimum absolute atomic E-state index is 0.176. The van der Waals surface area contributed by atoms with E-state index in [0.29, 0.717) is 13.0 Å². The number of carbonyl (C=O) groups is 1. The molecule has 31 heavy (non-hydrogen) atoms. The van der Waals surface area contributed by atoms with Gasteiger partial charge in [0.15, 0.2) is 0 Å². The molecule has 1 heterocycles. The topological polar surface area (TPSA) is 66.5 Å². The number of rotatable bonds is 5.